The molecule has 1 aliphatic carbocycles. The van der Waals surface area contributed by atoms with Crippen molar-refractivity contribution in [3.8, 4) is 17.2 Å². The molecule has 4 N–H and O–H groups in total. The highest BCUT2D eigenvalue weighted by molar-refractivity contribution is 5.99. The van der Waals surface area contributed by atoms with Gasteiger partial charge in [0.15, 0.2) is 0 Å². The molecule has 0 fully saturated rings. The van der Waals surface area contributed by atoms with Gasteiger partial charge >= 0.3 is 0 Å². The number of fused-ring (bicyclic) bond motifs is 2. The Labute approximate surface area is 151 Å². The van der Waals surface area contributed by atoms with E-state index in [2.05, 4.69) is 11.1 Å². The number of hydrogen-bond acceptors (Lipinski definition) is 4. The molecule has 0 unspecified atom stereocenters. The summed E-state index contributed by atoms with van der Waals surface area (Å²) < 4.78 is 1.83. The maximum absolute atomic E-state index is 11.5. The van der Waals surface area contributed by atoms with Crippen LogP contribution in [0.1, 0.15) is 29.7 Å². The summed E-state index contributed by atoms with van der Waals surface area (Å²) in [4.78, 5) is 16.0. The normalized spacial score (nSPS) is 13.3. The summed E-state index contributed by atoms with van der Waals surface area (Å²) in [6.07, 6.45) is 5.80. The van der Waals surface area contributed by atoms with E-state index < -0.39 is 5.91 Å². The van der Waals surface area contributed by atoms with Gasteiger partial charge in [-0.15, -0.1) is 0 Å². The third-order valence-corrected chi connectivity index (χ3v) is 5.00. The molecule has 2 aromatic heterocycles. The summed E-state index contributed by atoms with van der Waals surface area (Å²) in [6.45, 7) is 0.0884. The molecule has 1 amide bonds. The largest absolute Gasteiger partial charge is 0.383 e. The molecule has 0 saturated heterocycles. The number of hydrogen-bond donors (Lipinski definition) is 2. The first-order chi connectivity index (χ1) is 12.6. The van der Waals surface area contributed by atoms with Gasteiger partial charge in [-0.2, -0.15) is 5.26 Å². The third-order valence-electron chi connectivity index (χ3n) is 5.00. The molecule has 0 aliphatic heterocycles. The molecule has 6 heteroatoms. The van der Waals surface area contributed by atoms with Gasteiger partial charge < -0.3 is 16.0 Å². The molecule has 0 saturated carbocycles. The van der Waals surface area contributed by atoms with Gasteiger partial charge in [-0.05, 0) is 37.3 Å². The number of anilines is 1. The molecule has 0 atom stereocenters. The number of para-hydroxylation sites is 1. The van der Waals surface area contributed by atoms with Crippen LogP contribution in [-0.2, 0) is 24.2 Å². The van der Waals surface area contributed by atoms with Crippen LogP contribution in [0.4, 0.5) is 5.82 Å². The Morgan fingerprint density at radius 1 is 1.27 bits per heavy atom. The molecular weight excluding hydrogens is 326 g/mol. The predicted octanol–water partition coefficient (Wildman–Crippen LogP) is 2.52. The molecule has 1 aromatic carbocycles. The Morgan fingerprint density at radius 3 is 2.81 bits per heavy atom. The van der Waals surface area contributed by atoms with E-state index in [0.717, 1.165) is 59.0 Å². The summed E-state index contributed by atoms with van der Waals surface area (Å²) in [5.41, 5.74) is 16.7. The average molecular weight is 345 g/mol. The summed E-state index contributed by atoms with van der Waals surface area (Å²) in [6, 6.07) is 10.1. The lowest BCUT2D eigenvalue weighted by Crippen LogP contribution is -2.17. The van der Waals surface area contributed by atoms with Crippen molar-refractivity contribution in [2.45, 2.75) is 32.2 Å². The standard InChI is InChI=1S/C20H19N5O/c21-9-14-19(13-6-1-3-7-16(13)24-20(14)23)15-10-25(11-18(22)26)17-8-4-2-5-12(15)17/h2,4-5,8,10H,1,3,6-7,11H2,(H2,22,26)(H2,23,24). The van der Waals surface area contributed by atoms with Crippen LogP contribution < -0.4 is 11.5 Å². The van der Waals surface area contributed by atoms with Crippen molar-refractivity contribution in [1.29, 1.82) is 5.26 Å². The zero-order chi connectivity index (χ0) is 18.3. The quantitative estimate of drug-likeness (QED) is 0.759. The first-order valence-corrected chi connectivity index (χ1v) is 8.68. The lowest BCUT2D eigenvalue weighted by Gasteiger charge is -2.20. The van der Waals surface area contributed by atoms with Gasteiger partial charge in [0.2, 0.25) is 5.91 Å². The van der Waals surface area contributed by atoms with E-state index in [1.165, 1.54) is 0 Å². The number of aromatic nitrogens is 2. The average Bonchev–Trinajstić information content (AvgIpc) is 2.98. The second-order valence-electron chi connectivity index (χ2n) is 6.65. The zero-order valence-corrected chi connectivity index (χ0v) is 14.3. The summed E-state index contributed by atoms with van der Waals surface area (Å²) in [7, 11) is 0. The van der Waals surface area contributed by atoms with Crippen LogP contribution >= 0.6 is 0 Å². The van der Waals surface area contributed by atoms with Crippen LogP contribution in [0.5, 0.6) is 0 Å². The molecule has 6 nitrogen and oxygen atoms in total. The Balaban J connectivity index is 2.06. The number of primary amides is 1. The fourth-order valence-corrected chi connectivity index (χ4v) is 3.92. The third kappa shape index (κ3) is 2.49. The Bertz CT molecular complexity index is 1070. The van der Waals surface area contributed by atoms with Crippen molar-refractivity contribution in [2.75, 3.05) is 5.73 Å². The van der Waals surface area contributed by atoms with Gasteiger partial charge in [0.1, 0.15) is 24.0 Å². The van der Waals surface area contributed by atoms with Crippen molar-refractivity contribution in [3.63, 3.8) is 0 Å². The highest BCUT2D eigenvalue weighted by atomic mass is 16.1. The Hall–Kier alpha value is -3.33. The van der Waals surface area contributed by atoms with Crippen LogP contribution in [-0.4, -0.2) is 15.5 Å². The van der Waals surface area contributed by atoms with Crippen LogP contribution in [0.2, 0.25) is 0 Å². The number of carbonyl (C=O) groups excluding carboxylic acids is 1. The smallest absolute Gasteiger partial charge is 0.237 e. The maximum atomic E-state index is 11.5. The molecule has 130 valence electrons. The van der Waals surface area contributed by atoms with E-state index in [9.17, 15) is 10.1 Å². The molecule has 0 radical (unpaired) electrons. The van der Waals surface area contributed by atoms with Crippen LogP contribution in [0.3, 0.4) is 0 Å². The minimum Gasteiger partial charge on any atom is -0.383 e. The maximum Gasteiger partial charge on any atom is 0.237 e. The van der Waals surface area contributed by atoms with Gasteiger partial charge in [0.05, 0.1) is 0 Å². The zero-order valence-electron chi connectivity index (χ0n) is 14.3. The lowest BCUT2D eigenvalue weighted by molar-refractivity contribution is -0.118. The molecule has 0 spiro atoms. The van der Waals surface area contributed by atoms with E-state index in [1.807, 2.05) is 35.0 Å². The molecule has 0 bridgehead atoms. The topological polar surface area (TPSA) is 111 Å². The number of nitrogens with two attached hydrogens (primary N) is 2. The minimum absolute atomic E-state index is 0.0884. The molecular formula is C20H19N5O. The van der Waals surface area contributed by atoms with Crippen molar-refractivity contribution in [2.24, 2.45) is 5.73 Å². The monoisotopic (exact) mass is 345 g/mol. The SMILES string of the molecule is N#Cc1c(N)nc2c(c1-c1cn(CC(N)=O)c3ccccc13)CCCC2. The first kappa shape index (κ1) is 16.2. The van der Waals surface area contributed by atoms with Crippen LogP contribution in [0.15, 0.2) is 30.5 Å². The van der Waals surface area contributed by atoms with Gasteiger partial charge in [0, 0.05) is 33.9 Å². The van der Waals surface area contributed by atoms with Crippen LogP contribution in [0, 0.1) is 11.3 Å². The second kappa shape index (κ2) is 6.19. The number of aryl methyl sites for hydroxylation is 1. The van der Waals surface area contributed by atoms with Crippen molar-refractivity contribution in [3.05, 3.63) is 47.3 Å². The van der Waals surface area contributed by atoms with E-state index in [4.69, 9.17) is 11.5 Å². The highest BCUT2D eigenvalue weighted by Gasteiger charge is 2.24. The lowest BCUT2D eigenvalue weighted by atomic mass is 9.86. The summed E-state index contributed by atoms with van der Waals surface area (Å²) in [5, 5.41) is 10.7. The van der Waals surface area contributed by atoms with E-state index in [1.54, 1.807) is 0 Å². The molecule has 1 aliphatic rings. The highest BCUT2D eigenvalue weighted by Crippen LogP contribution is 2.39. The molecule has 3 aromatic rings. The van der Waals surface area contributed by atoms with Gasteiger partial charge in [-0.3, -0.25) is 4.79 Å². The van der Waals surface area contributed by atoms with Gasteiger partial charge in [-0.25, -0.2) is 4.98 Å². The van der Waals surface area contributed by atoms with Crippen molar-refractivity contribution >= 4 is 22.6 Å². The van der Waals surface area contributed by atoms with Crippen molar-refractivity contribution in [1.82, 2.24) is 9.55 Å². The number of benzene rings is 1. The number of nitriles is 1. The fraction of sp³-hybridized carbons (Fsp3) is 0.250. The molecule has 26 heavy (non-hydrogen) atoms. The molecule has 2 heterocycles. The fourth-order valence-electron chi connectivity index (χ4n) is 3.92. The number of pyridine rings is 1. The summed E-state index contributed by atoms with van der Waals surface area (Å²) >= 11 is 0. The van der Waals surface area contributed by atoms with Crippen LogP contribution in [0.25, 0.3) is 22.0 Å². The predicted molar refractivity (Wildman–Crippen MR) is 100 cm³/mol. The second-order valence-corrected chi connectivity index (χ2v) is 6.65. The number of nitrogens with zero attached hydrogens (tertiary/aromatic N) is 3. The number of nitrogen functional groups attached to an aromatic ring is 1. The molecule has 4 rings (SSSR count). The van der Waals surface area contributed by atoms with E-state index in [0.29, 0.717) is 5.56 Å². The Kier molecular flexibility index (Phi) is 3.85. The first-order valence-electron chi connectivity index (χ1n) is 8.68. The van der Waals surface area contributed by atoms with Gasteiger partial charge in [0.25, 0.3) is 0 Å². The number of carbonyl (C=O) groups is 1. The number of rotatable bonds is 3. The minimum atomic E-state index is -0.408. The van der Waals surface area contributed by atoms with E-state index in [-0.39, 0.29) is 12.4 Å². The summed E-state index contributed by atoms with van der Waals surface area (Å²) in [5.74, 6) is -0.135. The van der Waals surface area contributed by atoms with Crippen molar-refractivity contribution < 1.29 is 4.79 Å². The van der Waals surface area contributed by atoms with E-state index >= 15 is 0 Å². The van der Waals surface area contributed by atoms with Gasteiger partial charge in [-0.1, -0.05) is 18.2 Å². The number of amides is 1. The Morgan fingerprint density at radius 2 is 2.04 bits per heavy atom.